The molecule has 0 aliphatic carbocycles. The minimum absolute atomic E-state index is 0.0781. The average Bonchev–Trinajstić information content (AvgIpc) is 2.30. The van der Waals surface area contributed by atoms with E-state index in [1.807, 2.05) is 24.3 Å². The van der Waals surface area contributed by atoms with E-state index in [1.54, 1.807) is 0 Å². The number of unbranched alkanes of at least 4 members (excludes halogenated alkanes) is 2. The van der Waals surface area contributed by atoms with Gasteiger partial charge >= 0.3 is 0 Å². The Morgan fingerprint density at radius 2 is 2.06 bits per heavy atom. The molecule has 0 atom stereocenters. The van der Waals surface area contributed by atoms with E-state index in [0.29, 0.717) is 13.0 Å². The molecule has 0 spiro atoms. The van der Waals surface area contributed by atoms with Crippen molar-refractivity contribution in [3.8, 4) is 0 Å². The number of hydrogen-bond donors (Lipinski definition) is 2. The molecule has 1 rings (SSSR count). The largest absolute Gasteiger partial charge is 0.326 e. The van der Waals surface area contributed by atoms with Crippen molar-refractivity contribution in [2.45, 2.75) is 39.2 Å². The van der Waals surface area contributed by atoms with E-state index < -0.39 is 0 Å². The van der Waals surface area contributed by atoms with Crippen molar-refractivity contribution in [1.29, 1.82) is 0 Å². The molecule has 0 aromatic heterocycles. The van der Waals surface area contributed by atoms with E-state index in [0.717, 1.165) is 30.5 Å². The predicted molar refractivity (Wildman–Crippen MR) is 67.1 cm³/mol. The third kappa shape index (κ3) is 4.03. The van der Waals surface area contributed by atoms with Gasteiger partial charge in [-0.05, 0) is 18.1 Å². The fourth-order valence-electron chi connectivity index (χ4n) is 1.57. The van der Waals surface area contributed by atoms with Crippen LogP contribution < -0.4 is 11.1 Å². The molecule has 3 N–H and O–H groups in total. The van der Waals surface area contributed by atoms with Gasteiger partial charge in [-0.3, -0.25) is 4.79 Å². The summed E-state index contributed by atoms with van der Waals surface area (Å²) in [6, 6.07) is 7.65. The number of nitrogens with two attached hydrogens (primary N) is 1. The smallest absolute Gasteiger partial charge is 0.224 e. The van der Waals surface area contributed by atoms with Crippen LogP contribution in [0.5, 0.6) is 0 Å². The van der Waals surface area contributed by atoms with Crippen molar-refractivity contribution in [3.63, 3.8) is 0 Å². The molecule has 0 radical (unpaired) electrons. The minimum Gasteiger partial charge on any atom is -0.326 e. The molecule has 0 bridgehead atoms. The number of hydrogen-bond acceptors (Lipinski definition) is 2. The fraction of sp³-hybridized carbons (Fsp3) is 0.462. The normalized spacial score (nSPS) is 10.1. The van der Waals surface area contributed by atoms with Gasteiger partial charge in [0, 0.05) is 18.7 Å². The van der Waals surface area contributed by atoms with Crippen molar-refractivity contribution in [1.82, 2.24) is 0 Å². The van der Waals surface area contributed by atoms with E-state index in [9.17, 15) is 4.79 Å². The lowest BCUT2D eigenvalue weighted by atomic mass is 10.1. The van der Waals surface area contributed by atoms with Crippen LogP contribution in [0.4, 0.5) is 5.69 Å². The Morgan fingerprint density at radius 3 is 2.75 bits per heavy atom. The van der Waals surface area contributed by atoms with Crippen LogP contribution >= 0.6 is 0 Å². The highest BCUT2D eigenvalue weighted by atomic mass is 16.1. The Labute approximate surface area is 97.0 Å². The molecule has 1 aromatic carbocycles. The number of carbonyl (C=O) groups is 1. The van der Waals surface area contributed by atoms with E-state index in [-0.39, 0.29) is 5.91 Å². The second-order valence-electron chi connectivity index (χ2n) is 3.87. The minimum atomic E-state index is 0.0781. The maximum absolute atomic E-state index is 11.6. The van der Waals surface area contributed by atoms with Gasteiger partial charge in [0.2, 0.25) is 5.91 Å². The van der Waals surface area contributed by atoms with Crippen molar-refractivity contribution in [2.75, 3.05) is 5.32 Å². The molecule has 0 aliphatic rings. The van der Waals surface area contributed by atoms with Crippen molar-refractivity contribution in [3.05, 3.63) is 29.8 Å². The summed E-state index contributed by atoms with van der Waals surface area (Å²) in [5.74, 6) is 0.0781. The van der Waals surface area contributed by atoms with Gasteiger partial charge in [0.1, 0.15) is 0 Å². The van der Waals surface area contributed by atoms with Crippen molar-refractivity contribution >= 4 is 11.6 Å². The third-order valence-corrected chi connectivity index (χ3v) is 2.52. The summed E-state index contributed by atoms with van der Waals surface area (Å²) in [4.78, 5) is 11.6. The summed E-state index contributed by atoms with van der Waals surface area (Å²) >= 11 is 0. The number of rotatable bonds is 6. The molecule has 3 heteroatoms. The SMILES string of the molecule is CCCCCC(=O)Nc1ccccc1CN. The highest BCUT2D eigenvalue weighted by Crippen LogP contribution is 2.14. The van der Waals surface area contributed by atoms with Gasteiger partial charge in [-0.2, -0.15) is 0 Å². The zero-order valence-corrected chi connectivity index (χ0v) is 9.83. The van der Waals surface area contributed by atoms with Crippen molar-refractivity contribution < 1.29 is 4.79 Å². The van der Waals surface area contributed by atoms with Gasteiger partial charge in [-0.15, -0.1) is 0 Å². The van der Waals surface area contributed by atoms with Crippen LogP contribution in [0.2, 0.25) is 0 Å². The molecule has 1 amide bonds. The van der Waals surface area contributed by atoms with Gasteiger partial charge in [-0.25, -0.2) is 0 Å². The van der Waals surface area contributed by atoms with Crippen LogP contribution in [-0.4, -0.2) is 5.91 Å². The quantitative estimate of drug-likeness (QED) is 0.724. The first-order valence-electron chi connectivity index (χ1n) is 5.85. The number of benzene rings is 1. The lowest BCUT2D eigenvalue weighted by Crippen LogP contribution is -2.13. The van der Waals surface area contributed by atoms with Crippen LogP contribution in [0.25, 0.3) is 0 Å². The lowest BCUT2D eigenvalue weighted by molar-refractivity contribution is -0.116. The van der Waals surface area contributed by atoms with Gasteiger partial charge in [0.05, 0.1) is 0 Å². The second-order valence-corrected chi connectivity index (χ2v) is 3.87. The molecule has 0 fully saturated rings. The summed E-state index contributed by atoms with van der Waals surface area (Å²) in [6.45, 7) is 2.58. The monoisotopic (exact) mass is 220 g/mol. The van der Waals surface area contributed by atoms with Crippen LogP contribution in [0, 0.1) is 0 Å². The predicted octanol–water partition coefficient (Wildman–Crippen LogP) is 2.66. The maximum Gasteiger partial charge on any atom is 0.224 e. The zero-order valence-electron chi connectivity index (χ0n) is 9.83. The first-order valence-corrected chi connectivity index (χ1v) is 5.85. The highest BCUT2D eigenvalue weighted by Gasteiger charge is 2.04. The topological polar surface area (TPSA) is 55.1 Å². The third-order valence-electron chi connectivity index (χ3n) is 2.52. The molecule has 16 heavy (non-hydrogen) atoms. The average molecular weight is 220 g/mol. The Morgan fingerprint density at radius 1 is 1.31 bits per heavy atom. The summed E-state index contributed by atoms with van der Waals surface area (Å²) in [5, 5.41) is 2.90. The molecule has 0 saturated heterocycles. The Balaban J connectivity index is 2.49. The number of anilines is 1. The molecule has 0 aliphatic heterocycles. The first kappa shape index (κ1) is 12.7. The molecular formula is C13H20N2O. The Kier molecular flexibility index (Phi) is 5.57. The molecule has 0 heterocycles. The fourth-order valence-corrected chi connectivity index (χ4v) is 1.57. The summed E-state index contributed by atoms with van der Waals surface area (Å²) in [7, 11) is 0. The van der Waals surface area contributed by atoms with E-state index in [1.165, 1.54) is 0 Å². The highest BCUT2D eigenvalue weighted by molar-refractivity contribution is 5.91. The van der Waals surface area contributed by atoms with Crippen LogP contribution in [0.15, 0.2) is 24.3 Å². The van der Waals surface area contributed by atoms with E-state index >= 15 is 0 Å². The van der Waals surface area contributed by atoms with E-state index in [4.69, 9.17) is 5.73 Å². The molecule has 1 aromatic rings. The zero-order chi connectivity index (χ0) is 11.8. The summed E-state index contributed by atoms with van der Waals surface area (Å²) in [5.41, 5.74) is 7.41. The number of para-hydroxylation sites is 1. The molecule has 3 nitrogen and oxygen atoms in total. The molecule has 88 valence electrons. The Hall–Kier alpha value is -1.35. The van der Waals surface area contributed by atoms with E-state index in [2.05, 4.69) is 12.2 Å². The van der Waals surface area contributed by atoms with Crippen molar-refractivity contribution in [2.24, 2.45) is 5.73 Å². The summed E-state index contributed by atoms with van der Waals surface area (Å²) in [6.07, 6.45) is 3.78. The molecule has 0 saturated carbocycles. The van der Waals surface area contributed by atoms with Crippen LogP contribution in [-0.2, 0) is 11.3 Å². The molecule has 0 unspecified atom stereocenters. The summed E-state index contributed by atoms with van der Waals surface area (Å²) < 4.78 is 0. The molecular weight excluding hydrogens is 200 g/mol. The van der Waals surface area contributed by atoms with Gasteiger partial charge in [0.15, 0.2) is 0 Å². The van der Waals surface area contributed by atoms with Gasteiger partial charge < -0.3 is 11.1 Å². The maximum atomic E-state index is 11.6. The Bertz CT molecular complexity index is 336. The van der Waals surface area contributed by atoms with Crippen LogP contribution in [0.3, 0.4) is 0 Å². The number of carbonyl (C=O) groups excluding carboxylic acids is 1. The second kappa shape index (κ2) is 7.01. The number of amides is 1. The lowest BCUT2D eigenvalue weighted by Gasteiger charge is -2.09. The standard InChI is InChI=1S/C13H20N2O/c1-2-3-4-9-13(16)15-12-8-6-5-7-11(12)10-14/h5-8H,2-4,9-10,14H2,1H3,(H,15,16). The first-order chi connectivity index (χ1) is 7.77. The van der Waals surface area contributed by atoms with Gasteiger partial charge in [-0.1, -0.05) is 38.0 Å². The van der Waals surface area contributed by atoms with Crippen LogP contribution in [0.1, 0.15) is 38.2 Å². The number of nitrogens with one attached hydrogen (secondary N) is 1. The van der Waals surface area contributed by atoms with Gasteiger partial charge in [0.25, 0.3) is 0 Å².